The second kappa shape index (κ2) is 9.47. The van der Waals surface area contributed by atoms with Gasteiger partial charge in [0.25, 0.3) is 0 Å². The molecule has 0 amide bonds. The van der Waals surface area contributed by atoms with Gasteiger partial charge in [-0.1, -0.05) is 42.5 Å². The van der Waals surface area contributed by atoms with Crippen molar-refractivity contribution in [3.05, 3.63) is 109 Å². The maximum absolute atomic E-state index is 12.3. The van der Waals surface area contributed by atoms with E-state index >= 15 is 0 Å². The van der Waals surface area contributed by atoms with Gasteiger partial charge < -0.3 is 5.32 Å². The van der Waals surface area contributed by atoms with E-state index in [0.29, 0.717) is 4.90 Å². The second-order valence-electron chi connectivity index (χ2n) is 7.99. The highest BCUT2D eigenvalue weighted by atomic mass is 32.2. The summed E-state index contributed by atoms with van der Waals surface area (Å²) in [5, 5.41) is 3.27. The van der Waals surface area contributed by atoms with Crippen molar-refractivity contribution in [3.8, 4) is 0 Å². The van der Waals surface area contributed by atoms with Crippen molar-refractivity contribution in [2.45, 2.75) is 24.2 Å². The Morgan fingerprint density at radius 1 is 0.938 bits per heavy atom. The number of anilines is 1. The van der Waals surface area contributed by atoms with Gasteiger partial charge in [-0.25, -0.2) is 4.21 Å². The molecular weight excluding hydrogens is 416 g/mol. The van der Waals surface area contributed by atoms with Gasteiger partial charge in [0.15, 0.2) is 16.8 Å². The SMILES string of the molecule is COS(=O)c1ccc2c(c1)C(C)(C)C(/C=C/C=C/Nc1ccccc1)=[N+]2c1ccccc1. The Labute approximate surface area is 192 Å². The summed E-state index contributed by atoms with van der Waals surface area (Å²) in [5.74, 6) is 0. The quantitative estimate of drug-likeness (QED) is 0.354. The molecule has 1 aliphatic rings. The fourth-order valence-electron chi connectivity index (χ4n) is 3.98. The van der Waals surface area contributed by atoms with Gasteiger partial charge in [-0.3, -0.25) is 4.18 Å². The molecule has 0 aliphatic carbocycles. The van der Waals surface area contributed by atoms with Crippen molar-refractivity contribution in [3.63, 3.8) is 0 Å². The number of nitrogens with one attached hydrogen (secondary N) is 1. The summed E-state index contributed by atoms with van der Waals surface area (Å²) in [4.78, 5) is 0.671. The van der Waals surface area contributed by atoms with Crippen LogP contribution in [0, 0.1) is 0 Å². The summed E-state index contributed by atoms with van der Waals surface area (Å²) in [7, 11) is 1.46. The van der Waals surface area contributed by atoms with Crippen LogP contribution in [0.25, 0.3) is 0 Å². The molecule has 1 N–H and O–H groups in total. The Morgan fingerprint density at radius 2 is 1.62 bits per heavy atom. The van der Waals surface area contributed by atoms with E-state index in [0.717, 1.165) is 28.3 Å². The van der Waals surface area contributed by atoms with Crippen LogP contribution in [0.5, 0.6) is 0 Å². The van der Waals surface area contributed by atoms with Crippen LogP contribution in [0.2, 0.25) is 0 Å². The summed E-state index contributed by atoms with van der Waals surface area (Å²) in [5.41, 5.74) is 5.20. The molecule has 0 spiro atoms. The maximum atomic E-state index is 12.3. The third-order valence-electron chi connectivity index (χ3n) is 5.61. The largest absolute Gasteiger partial charge is 0.362 e. The first kappa shape index (κ1) is 21.9. The molecule has 32 heavy (non-hydrogen) atoms. The van der Waals surface area contributed by atoms with E-state index in [4.69, 9.17) is 4.18 Å². The third kappa shape index (κ3) is 4.35. The van der Waals surface area contributed by atoms with Crippen molar-refractivity contribution in [1.29, 1.82) is 0 Å². The molecule has 3 aromatic rings. The standard InChI is InChI=1S/C27H26N2O2S/c1-27(2)24-20-23(32(30)31-3)17-18-25(24)29(22-14-8-5-9-15-22)26(27)16-10-11-19-28-21-12-6-4-7-13-21/h4-20H,1-3H3/p+1. The number of allylic oxidation sites excluding steroid dienone is 3. The molecule has 1 unspecified atom stereocenters. The van der Waals surface area contributed by atoms with Gasteiger partial charge in [0.2, 0.25) is 11.4 Å². The lowest BCUT2D eigenvalue weighted by atomic mass is 9.81. The third-order valence-corrected chi connectivity index (χ3v) is 6.55. The lowest BCUT2D eigenvalue weighted by Gasteiger charge is -2.15. The Kier molecular flexibility index (Phi) is 6.49. The molecule has 1 heterocycles. The van der Waals surface area contributed by atoms with Crippen LogP contribution >= 0.6 is 0 Å². The number of hydrogen-bond donors (Lipinski definition) is 1. The molecule has 1 aliphatic heterocycles. The van der Waals surface area contributed by atoms with Gasteiger partial charge in [-0.05, 0) is 44.2 Å². The number of fused-ring (bicyclic) bond motifs is 1. The second-order valence-corrected chi connectivity index (χ2v) is 9.26. The summed E-state index contributed by atoms with van der Waals surface area (Å²) in [6.07, 6.45) is 8.11. The molecule has 4 rings (SSSR count). The minimum absolute atomic E-state index is 0.281. The normalized spacial score (nSPS) is 16.0. The molecule has 5 heteroatoms. The Hall–Kier alpha value is -3.28. The highest BCUT2D eigenvalue weighted by molar-refractivity contribution is 7.80. The fraction of sp³-hybridized carbons (Fsp3) is 0.148. The smallest absolute Gasteiger partial charge is 0.215 e. The van der Waals surface area contributed by atoms with Crippen LogP contribution in [0.1, 0.15) is 19.4 Å². The van der Waals surface area contributed by atoms with Gasteiger partial charge in [0.05, 0.1) is 17.4 Å². The molecule has 0 bridgehead atoms. The van der Waals surface area contributed by atoms with E-state index in [1.807, 2.05) is 85.1 Å². The van der Waals surface area contributed by atoms with Crippen molar-refractivity contribution in [2.75, 3.05) is 12.4 Å². The van der Waals surface area contributed by atoms with Crippen molar-refractivity contribution < 1.29 is 8.39 Å². The van der Waals surface area contributed by atoms with Crippen LogP contribution in [0.4, 0.5) is 17.1 Å². The maximum Gasteiger partial charge on any atom is 0.215 e. The van der Waals surface area contributed by atoms with E-state index in [1.54, 1.807) is 0 Å². The Morgan fingerprint density at radius 3 is 2.31 bits per heavy atom. The zero-order valence-electron chi connectivity index (χ0n) is 18.5. The minimum atomic E-state index is -1.47. The Balaban J connectivity index is 1.72. The highest BCUT2D eigenvalue weighted by Crippen LogP contribution is 2.42. The van der Waals surface area contributed by atoms with Gasteiger partial charge >= 0.3 is 0 Å². The van der Waals surface area contributed by atoms with Gasteiger partial charge in [-0.15, -0.1) is 0 Å². The predicted octanol–water partition coefficient (Wildman–Crippen LogP) is 6.10. The van der Waals surface area contributed by atoms with Crippen LogP contribution in [0.15, 0.2) is 108 Å². The molecule has 0 aromatic heterocycles. The van der Waals surface area contributed by atoms with Gasteiger partial charge in [0.1, 0.15) is 0 Å². The van der Waals surface area contributed by atoms with E-state index in [2.05, 4.69) is 41.9 Å². The number of benzene rings is 3. The average molecular weight is 444 g/mol. The van der Waals surface area contributed by atoms with Crippen LogP contribution < -0.4 is 9.89 Å². The van der Waals surface area contributed by atoms with Crippen LogP contribution in [-0.2, 0) is 20.7 Å². The first-order valence-corrected chi connectivity index (χ1v) is 11.6. The summed E-state index contributed by atoms with van der Waals surface area (Å²) >= 11 is -1.47. The zero-order chi connectivity index (χ0) is 22.6. The molecular formula is C27H27N2O2S+. The van der Waals surface area contributed by atoms with Crippen LogP contribution in [0.3, 0.4) is 0 Å². The molecule has 3 aromatic carbocycles. The van der Waals surface area contributed by atoms with Crippen molar-refractivity contribution in [1.82, 2.24) is 4.58 Å². The minimum Gasteiger partial charge on any atom is -0.362 e. The lowest BCUT2D eigenvalue weighted by molar-refractivity contribution is 0.445. The van der Waals surface area contributed by atoms with Crippen LogP contribution in [-0.4, -0.2) is 17.0 Å². The molecule has 162 valence electrons. The lowest BCUT2D eigenvalue weighted by Crippen LogP contribution is -2.27. The van der Waals surface area contributed by atoms with E-state index in [9.17, 15) is 4.21 Å². The summed E-state index contributed by atoms with van der Waals surface area (Å²) in [6, 6.07) is 26.3. The topological polar surface area (TPSA) is 41.3 Å². The first-order chi connectivity index (χ1) is 15.5. The first-order valence-electron chi connectivity index (χ1n) is 10.5. The van der Waals surface area contributed by atoms with Gasteiger partial charge in [-0.2, -0.15) is 4.58 Å². The molecule has 4 nitrogen and oxygen atoms in total. The molecule has 0 saturated heterocycles. The number of rotatable bonds is 7. The molecule has 0 radical (unpaired) electrons. The van der Waals surface area contributed by atoms with Crippen molar-refractivity contribution in [2.24, 2.45) is 0 Å². The van der Waals surface area contributed by atoms with Crippen molar-refractivity contribution >= 4 is 33.9 Å². The van der Waals surface area contributed by atoms with Gasteiger partial charge in [0, 0.05) is 41.7 Å². The van der Waals surface area contributed by atoms with E-state index in [-0.39, 0.29) is 5.41 Å². The van der Waals surface area contributed by atoms with E-state index in [1.165, 1.54) is 7.11 Å². The molecule has 0 saturated carbocycles. The average Bonchev–Trinajstić information content (AvgIpc) is 3.05. The summed E-state index contributed by atoms with van der Waals surface area (Å²) in [6.45, 7) is 4.39. The fourth-order valence-corrected chi connectivity index (χ4v) is 4.56. The molecule has 1 atom stereocenters. The predicted molar refractivity (Wildman–Crippen MR) is 134 cm³/mol. The highest BCUT2D eigenvalue weighted by Gasteiger charge is 2.45. The zero-order valence-corrected chi connectivity index (χ0v) is 19.3. The number of nitrogens with zero attached hydrogens (tertiary/aromatic N) is 1. The molecule has 0 fully saturated rings. The Bertz CT molecular complexity index is 1210. The monoisotopic (exact) mass is 443 g/mol. The van der Waals surface area contributed by atoms with E-state index < -0.39 is 11.1 Å². The summed E-state index contributed by atoms with van der Waals surface area (Å²) < 4.78 is 19.6. The number of para-hydroxylation sites is 2. The number of hydrogen-bond acceptors (Lipinski definition) is 3.